The smallest absolute Gasteiger partial charge is 0.222 e. The average molecular weight is 173 g/mol. The van der Waals surface area contributed by atoms with Crippen LogP contribution in [0.1, 0.15) is 11.3 Å². The van der Waals surface area contributed by atoms with Gasteiger partial charge in [-0.05, 0) is 11.6 Å². The molecule has 0 N–H and O–H groups in total. The van der Waals surface area contributed by atoms with E-state index in [1.54, 1.807) is 0 Å². The monoisotopic (exact) mass is 172 g/mol. The highest BCUT2D eigenvalue weighted by molar-refractivity contribution is 7.98. The minimum Gasteiger partial charge on any atom is -0.226 e. The van der Waals surface area contributed by atoms with Crippen LogP contribution in [0.15, 0.2) is 6.20 Å². The van der Waals surface area contributed by atoms with Crippen LogP contribution in [-0.4, -0.2) is 9.97 Å². The summed E-state index contributed by atoms with van der Waals surface area (Å²) in [6, 6.07) is 0. The summed E-state index contributed by atoms with van der Waals surface area (Å²) in [5, 5.41) is 0.362. The van der Waals surface area contributed by atoms with Crippen LogP contribution in [0.5, 0.6) is 0 Å². The number of hydrogen-bond acceptors (Lipinski definition) is 3. The fraction of sp³-hybridized carbons (Fsp3) is 0.333. The normalized spacial score (nSPS) is 15.3. The van der Waals surface area contributed by atoms with Gasteiger partial charge in [0, 0.05) is 23.3 Å². The van der Waals surface area contributed by atoms with Gasteiger partial charge in [0.2, 0.25) is 5.28 Å². The molecule has 0 amide bonds. The van der Waals surface area contributed by atoms with E-state index in [-0.39, 0.29) is 0 Å². The lowest BCUT2D eigenvalue weighted by Gasteiger charge is -1.93. The first-order valence-corrected chi connectivity index (χ1v) is 4.47. The quantitative estimate of drug-likeness (QED) is 0.559. The molecule has 0 bridgehead atoms. The van der Waals surface area contributed by atoms with Crippen molar-refractivity contribution in [2.75, 3.05) is 0 Å². The Morgan fingerprint density at radius 3 is 3.30 bits per heavy atom. The molecule has 0 fully saturated rings. The molecule has 0 saturated carbocycles. The topological polar surface area (TPSA) is 25.8 Å². The van der Waals surface area contributed by atoms with E-state index in [0.29, 0.717) is 5.28 Å². The van der Waals surface area contributed by atoms with Crippen LogP contribution in [0, 0.1) is 0 Å². The van der Waals surface area contributed by atoms with Gasteiger partial charge in [-0.1, -0.05) is 0 Å². The van der Waals surface area contributed by atoms with Gasteiger partial charge in [-0.3, -0.25) is 0 Å². The van der Waals surface area contributed by atoms with Gasteiger partial charge in [0.05, 0.1) is 5.69 Å². The van der Waals surface area contributed by atoms with E-state index in [4.69, 9.17) is 11.6 Å². The van der Waals surface area contributed by atoms with Gasteiger partial charge in [-0.2, -0.15) is 11.8 Å². The van der Waals surface area contributed by atoms with Crippen molar-refractivity contribution in [2.45, 2.75) is 11.5 Å². The van der Waals surface area contributed by atoms with Crippen molar-refractivity contribution in [3.05, 3.63) is 22.7 Å². The van der Waals surface area contributed by atoms with Crippen LogP contribution in [-0.2, 0) is 11.5 Å². The number of rotatable bonds is 0. The van der Waals surface area contributed by atoms with Gasteiger partial charge in [0.15, 0.2) is 0 Å². The van der Waals surface area contributed by atoms with Crippen molar-refractivity contribution in [3.8, 4) is 0 Å². The molecule has 2 heterocycles. The minimum atomic E-state index is 0.362. The highest BCUT2D eigenvalue weighted by atomic mass is 35.5. The number of fused-ring (bicyclic) bond motifs is 1. The van der Waals surface area contributed by atoms with E-state index in [2.05, 4.69) is 9.97 Å². The van der Waals surface area contributed by atoms with Gasteiger partial charge < -0.3 is 0 Å². The number of hydrogen-bond donors (Lipinski definition) is 0. The maximum Gasteiger partial charge on any atom is 0.222 e. The molecule has 1 aliphatic heterocycles. The summed E-state index contributed by atoms with van der Waals surface area (Å²) in [5.74, 6) is 2.02. The highest BCUT2D eigenvalue weighted by Gasteiger charge is 2.12. The third-order valence-corrected chi connectivity index (χ3v) is 2.60. The molecule has 0 saturated heterocycles. The van der Waals surface area contributed by atoms with Gasteiger partial charge in [-0.15, -0.1) is 0 Å². The van der Waals surface area contributed by atoms with Crippen LogP contribution >= 0.6 is 23.4 Å². The molecule has 2 nitrogen and oxygen atoms in total. The number of halogens is 1. The second-order valence-corrected chi connectivity index (χ2v) is 3.43. The predicted molar refractivity (Wildman–Crippen MR) is 42.0 cm³/mol. The van der Waals surface area contributed by atoms with Crippen LogP contribution in [0.25, 0.3) is 0 Å². The lowest BCUT2D eigenvalue weighted by molar-refractivity contribution is 1.06. The molecule has 0 aliphatic carbocycles. The van der Waals surface area contributed by atoms with Crippen LogP contribution < -0.4 is 0 Å². The largest absolute Gasteiger partial charge is 0.226 e. The summed E-state index contributed by atoms with van der Waals surface area (Å²) in [4.78, 5) is 7.98. The lowest BCUT2D eigenvalue weighted by atomic mass is 10.3. The third kappa shape index (κ3) is 0.995. The lowest BCUT2D eigenvalue weighted by Crippen LogP contribution is -1.90. The number of thioether (sulfide) groups is 1. The Morgan fingerprint density at radius 2 is 2.40 bits per heavy atom. The first-order chi connectivity index (χ1) is 4.86. The first kappa shape index (κ1) is 6.43. The summed E-state index contributed by atoms with van der Waals surface area (Å²) >= 11 is 7.44. The summed E-state index contributed by atoms with van der Waals surface area (Å²) in [6.07, 6.45) is 1.81. The maximum absolute atomic E-state index is 5.59. The van der Waals surface area contributed by atoms with E-state index < -0.39 is 0 Å². The zero-order chi connectivity index (χ0) is 6.97. The van der Waals surface area contributed by atoms with E-state index >= 15 is 0 Å². The number of aromatic nitrogens is 2. The molecule has 0 radical (unpaired) electrons. The molecule has 52 valence electrons. The number of nitrogens with zero attached hydrogens (tertiary/aromatic N) is 2. The van der Waals surface area contributed by atoms with E-state index in [1.165, 1.54) is 5.56 Å². The molecule has 1 aliphatic rings. The third-order valence-electron chi connectivity index (χ3n) is 1.42. The molecule has 0 spiro atoms. The van der Waals surface area contributed by atoms with Crippen molar-refractivity contribution in [3.63, 3.8) is 0 Å². The first-order valence-electron chi connectivity index (χ1n) is 2.94. The molecule has 2 rings (SSSR count). The van der Waals surface area contributed by atoms with Crippen LogP contribution in [0.2, 0.25) is 5.28 Å². The molecule has 10 heavy (non-hydrogen) atoms. The Labute approximate surface area is 68.0 Å². The van der Waals surface area contributed by atoms with Gasteiger partial charge in [0.25, 0.3) is 0 Å². The molecule has 0 atom stereocenters. The summed E-state index contributed by atoms with van der Waals surface area (Å²) in [7, 11) is 0. The fourth-order valence-corrected chi connectivity index (χ4v) is 2.08. The van der Waals surface area contributed by atoms with Crippen molar-refractivity contribution in [1.82, 2.24) is 9.97 Å². The summed E-state index contributed by atoms with van der Waals surface area (Å²) < 4.78 is 0. The molecule has 0 aromatic carbocycles. The van der Waals surface area contributed by atoms with Gasteiger partial charge in [-0.25, -0.2) is 9.97 Å². The van der Waals surface area contributed by atoms with Crippen LogP contribution in [0.3, 0.4) is 0 Å². The molecule has 0 unspecified atom stereocenters. The molecular formula is C6H5ClN2S. The highest BCUT2D eigenvalue weighted by Crippen LogP contribution is 2.27. The van der Waals surface area contributed by atoms with E-state index in [1.807, 2.05) is 18.0 Å². The van der Waals surface area contributed by atoms with Crippen molar-refractivity contribution in [2.24, 2.45) is 0 Å². The molecular weight excluding hydrogens is 168 g/mol. The van der Waals surface area contributed by atoms with E-state index in [0.717, 1.165) is 17.2 Å². The summed E-state index contributed by atoms with van der Waals surface area (Å²) in [6.45, 7) is 0. The zero-order valence-corrected chi connectivity index (χ0v) is 6.74. The summed E-state index contributed by atoms with van der Waals surface area (Å²) in [5.41, 5.74) is 2.33. The Morgan fingerprint density at radius 1 is 1.50 bits per heavy atom. The van der Waals surface area contributed by atoms with Gasteiger partial charge >= 0.3 is 0 Å². The second-order valence-electron chi connectivity index (χ2n) is 2.10. The van der Waals surface area contributed by atoms with Crippen molar-refractivity contribution >= 4 is 23.4 Å². The zero-order valence-electron chi connectivity index (χ0n) is 5.17. The van der Waals surface area contributed by atoms with Crippen molar-refractivity contribution in [1.29, 1.82) is 0 Å². The second kappa shape index (κ2) is 2.40. The predicted octanol–water partition coefficient (Wildman–Crippen LogP) is 1.88. The standard InChI is InChI=1S/C6H5ClN2S/c7-6-8-1-4-2-10-3-5(4)9-6/h1H,2-3H2. The molecule has 1 aromatic heterocycles. The van der Waals surface area contributed by atoms with Crippen molar-refractivity contribution < 1.29 is 0 Å². The Kier molecular flexibility index (Phi) is 1.54. The Balaban J connectivity index is 2.52. The fourth-order valence-electron chi connectivity index (χ4n) is 0.921. The molecule has 4 heteroatoms. The van der Waals surface area contributed by atoms with Crippen LogP contribution in [0.4, 0.5) is 0 Å². The Bertz CT molecular complexity index is 264. The Hall–Kier alpha value is -0.280. The minimum absolute atomic E-state index is 0.362. The van der Waals surface area contributed by atoms with Gasteiger partial charge in [0.1, 0.15) is 0 Å². The van der Waals surface area contributed by atoms with E-state index in [9.17, 15) is 0 Å². The maximum atomic E-state index is 5.59. The SMILES string of the molecule is Clc1ncc2c(n1)CSC2. The molecule has 1 aromatic rings. The average Bonchev–Trinajstić information content (AvgIpc) is 2.33.